The van der Waals surface area contributed by atoms with Gasteiger partial charge in [0.2, 0.25) is 0 Å². The number of rotatable bonds is 7. The highest BCUT2D eigenvalue weighted by atomic mass is 79.9. The van der Waals surface area contributed by atoms with Crippen molar-refractivity contribution in [1.29, 1.82) is 0 Å². The van der Waals surface area contributed by atoms with Crippen molar-refractivity contribution in [3.8, 4) is 16.9 Å². The molecule has 0 spiro atoms. The van der Waals surface area contributed by atoms with Gasteiger partial charge in [-0.2, -0.15) is 0 Å². The van der Waals surface area contributed by atoms with Crippen molar-refractivity contribution in [2.45, 2.75) is 12.8 Å². The van der Waals surface area contributed by atoms with E-state index in [9.17, 15) is 0 Å². The molecule has 0 heterocycles. The molecular formula is C17H18Br3NO. The number of nitrogens with one attached hydrogen (secondary N) is 1. The van der Waals surface area contributed by atoms with E-state index in [1.807, 2.05) is 25.2 Å². The van der Waals surface area contributed by atoms with Gasteiger partial charge in [-0.15, -0.1) is 0 Å². The Balaban J connectivity index is 2.22. The zero-order valence-corrected chi connectivity index (χ0v) is 17.1. The molecule has 0 aromatic heterocycles. The summed E-state index contributed by atoms with van der Waals surface area (Å²) in [6.45, 7) is 1.73. The van der Waals surface area contributed by atoms with Gasteiger partial charge in [0, 0.05) is 14.5 Å². The lowest BCUT2D eigenvalue weighted by Crippen LogP contribution is -2.09. The first-order valence-corrected chi connectivity index (χ1v) is 9.52. The molecule has 118 valence electrons. The molecule has 0 atom stereocenters. The molecule has 22 heavy (non-hydrogen) atoms. The Bertz CT molecular complexity index is 614. The van der Waals surface area contributed by atoms with Crippen LogP contribution in [0, 0.1) is 0 Å². The molecule has 2 aromatic carbocycles. The zero-order chi connectivity index (χ0) is 15.9. The number of hydrogen-bond acceptors (Lipinski definition) is 2. The standard InChI is InChI=1S/C17H18Br3NO/c1-21-8-2-3-9-22-17-15(10-14(19)11-16(17)20)12-4-6-13(18)7-5-12/h4-7,10-11,21H,2-3,8-9H2,1H3. The van der Waals surface area contributed by atoms with Gasteiger partial charge in [0.25, 0.3) is 0 Å². The molecule has 0 saturated carbocycles. The highest BCUT2D eigenvalue weighted by molar-refractivity contribution is 9.11. The molecule has 0 aliphatic heterocycles. The first-order valence-electron chi connectivity index (χ1n) is 7.14. The summed E-state index contributed by atoms with van der Waals surface area (Å²) in [7, 11) is 1.97. The molecule has 0 bridgehead atoms. The highest BCUT2D eigenvalue weighted by Crippen LogP contribution is 2.39. The number of hydrogen-bond donors (Lipinski definition) is 1. The van der Waals surface area contributed by atoms with Crippen LogP contribution in [0.1, 0.15) is 12.8 Å². The summed E-state index contributed by atoms with van der Waals surface area (Å²) in [5.74, 6) is 0.898. The summed E-state index contributed by atoms with van der Waals surface area (Å²) in [6, 6.07) is 12.4. The second-order valence-corrected chi connectivity index (χ2v) is 7.62. The van der Waals surface area contributed by atoms with E-state index in [1.165, 1.54) is 0 Å². The first-order chi connectivity index (χ1) is 10.6. The van der Waals surface area contributed by atoms with E-state index in [2.05, 4.69) is 71.3 Å². The van der Waals surface area contributed by atoms with Gasteiger partial charge in [-0.05, 0) is 72.2 Å². The SMILES string of the molecule is CNCCCCOc1c(Br)cc(Br)cc1-c1ccc(Br)cc1. The maximum atomic E-state index is 6.05. The second kappa shape index (κ2) is 9.06. The lowest BCUT2D eigenvalue weighted by atomic mass is 10.0. The van der Waals surface area contributed by atoms with Gasteiger partial charge in [-0.3, -0.25) is 0 Å². The summed E-state index contributed by atoms with van der Waals surface area (Å²) in [6.07, 6.45) is 2.14. The van der Waals surface area contributed by atoms with Crippen molar-refractivity contribution >= 4 is 47.8 Å². The van der Waals surface area contributed by atoms with E-state index < -0.39 is 0 Å². The Morgan fingerprint density at radius 3 is 2.36 bits per heavy atom. The number of unbranched alkanes of at least 4 members (excludes halogenated alkanes) is 1. The minimum atomic E-state index is 0.714. The molecule has 2 nitrogen and oxygen atoms in total. The van der Waals surface area contributed by atoms with Crippen molar-refractivity contribution in [1.82, 2.24) is 5.32 Å². The van der Waals surface area contributed by atoms with E-state index in [0.29, 0.717) is 6.61 Å². The Labute approximate surface area is 157 Å². The molecular weight excluding hydrogens is 474 g/mol. The fourth-order valence-electron chi connectivity index (χ4n) is 2.13. The van der Waals surface area contributed by atoms with E-state index in [-0.39, 0.29) is 0 Å². The van der Waals surface area contributed by atoms with Gasteiger partial charge in [0.05, 0.1) is 11.1 Å². The fourth-order valence-corrected chi connectivity index (χ4v) is 3.73. The Morgan fingerprint density at radius 1 is 0.955 bits per heavy atom. The van der Waals surface area contributed by atoms with Crippen LogP contribution in [-0.2, 0) is 0 Å². The molecule has 0 aliphatic carbocycles. The molecule has 2 aromatic rings. The van der Waals surface area contributed by atoms with E-state index in [0.717, 1.165) is 49.7 Å². The maximum absolute atomic E-state index is 6.05. The van der Waals surface area contributed by atoms with Crippen molar-refractivity contribution in [2.24, 2.45) is 0 Å². The molecule has 0 radical (unpaired) electrons. The van der Waals surface area contributed by atoms with Crippen LogP contribution in [0.3, 0.4) is 0 Å². The normalized spacial score (nSPS) is 10.7. The smallest absolute Gasteiger partial charge is 0.141 e. The van der Waals surface area contributed by atoms with E-state index >= 15 is 0 Å². The fraction of sp³-hybridized carbons (Fsp3) is 0.294. The minimum absolute atomic E-state index is 0.714. The van der Waals surface area contributed by atoms with Crippen molar-refractivity contribution in [3.05, 3.63) is 49.8 Å². The number of ether oxygens (including phenoxy) is 1. The largest absolute Gasteiger partial charge is 0.492 e. The maximum Gasteiger partial charge on any atom is 0.141 e. The quantitative estimate of drug-likeness (QED) is 0.478. The van der Waals surface area contributed by atoms with Gasteiger partial charge < -0.3 is 10.1 Å². The minimum Gasteiger partial charge on any atom is -0.492 e. The van der Waals surface area contributed by atoms with Crippen LogP contribution in [0.4, 0.5) is 0 Å². The van der Waals surface area contributed by atoms with Gasteiger partial charge >= 0.3 is 0 Å². The average Bonchev–Trinajstić information content (AvgIpc) is 2.49. The highest BCUT2D eigenvalue weighted by Gasteiger charge is 2.12. The van der Waals surface area contributed by atoms with Crippen LogP contribution >= 0.6 is 47.8 Å². The van der Waals surface area contributed by atoms with Crippen molar-refractivity contribution < 1.29 is 4.74 Å². The summed E-state index contributed by atoms with van der Waals surface area (Å²) in [5.41, 5.74) is 2.22. The summed E-state index contributed by atoms with van der Waals surface area (Å²) in [5, 5.41) is 3.15. The third-order valence-corrected chi connectivity index (χ3v) is 4.81. The monoisotopic (exact) mass is 489 g/mol. The third kappa shape index (κ3) is 5.08. The van der Waals surface area contributed by atoms with Crippen LogP contribution in [0.15, 0.2) is 49.8 Å². The zero-order valence-electron chi connectivity index (χ0n) is 12.3. The lowest BCUT2D eigenvalue weighted by molar-refractivity contribution is 0.306. The molecule has 0 unspecified atom stereocenters. The molecule has 2 rings (SSSR count). The summed E-state index contributed by atoms with van der Waals surface area (Å²) in [4.78, 5) is 0. The lowest BCUT2D eigenvalue weighted by Gasteiger charge is -2.14. The Kier molecular flexibility index (Phi) is 7.41. The van der Waals surface area contributed by atoms with Crippen LogP contribution < -0.4 is 10.1 Å². The van der Waals surface area contributed by atoms with Crippen LogP contribution in [0.25, 0.3) is 11.1 Å². The number of halogens is 3. The van der Waals surface area contributed by atoms with Gasteiger partial charge in [-0.1, -0.05) is 44.0 Å². The first kappa shape index (κ1) is 18.0. The predicted molar refractivity (Wildman–Crippen MR) is 104 cm³/mol. The van der Waals surface area contributed by atoms with Crippen molar-refractivity contribution in [3.63, 3.8) is 0 Å². The van der Waals surface area contributed by atoms with Gasteiger partial charge in [0.1, 0.15) is 5.75 Å². The molecule has 5 heteroatoms. The molecule has 0 aliphatic rings. The molecule has 0 fully saturated rings. The topological polar surface area (TPSA) is 21.3 Å². The Morgan fingerprint density at radius 2 is 1.68 bits per heavy atom. The summed E-state index contributed by atoms with van der Waals surface area (Å²) >= 11 is 10.6. The summed E-state index contributed by atoms with van der Waals surface area (Å²) < 4.78 is 9.11. The Hall–Kier alpha value is -0.360. The van der Waals surface area contributed by atoms with Crippen LogP contribution in [0.2, 0.25) is 0 Å². The third-order valence-electron chi connectivity index (χ3n) is 3.23. The van der Waals surface area contributed by atoms with E-state index in [1.54, 1.807) is 0 Å². The molecule has 0 amide bonds. The average molecular weight is 492 g/mol. The molecule has 1 N–H and O–H groups in total. The second-order valence-electron chi connectivity index (χ2n) is 4.93. The van der Waals surface area contributed by atoms with E-state index in [4.69, 9.17) is 4.74 Å². The predicted octanol–water partition coefficient (Wildman–Crippen LogP) is 6.02. The van der Waals surface area contributed by atoms with Gasteiger partial charge in [0.15, 0.2) is 0 Å². The van der Waals surface area contributed by atoms with Gasteiger partial charge in [-0.25, -0.2) is 0 Å². The number of benzene rings is 2. The van der Waals surface area contributed by atoms with Crippen LogP contribution in [0.5, 0.6) is 5.75 Å². The molecule has 0 saturated heterocycles. The van der Waals surface area contributed by atoms with Crippen molar-refractivity contribution in [2.75, 3.05) is 20.2 Å². The van der Waals surface area contributed by atoms with Crippen LogP contribution in [-0.4, -0.2) is 20.2 Å².